The lowest BCUT2D eigenvalue weighted by Gasteiger charge is -2.05. The molecule has 2 N–H and O–H groups in total. The average Bonchev–Trinajstić information content (AvgIpc) is 2.88. The number of amides is 1. The molecule has 1 aromatic heterocycles. The van der Waals surface area contributed by atoms with E-state index in [1.165, 1.54) is 12.1 Å². The van der Waals surface area contributed by atoms with Crippen LogP contribution < -0.4 is 5.32 Å². The Bertz CT molecular complexity index is 636. The highest BCUT2D eigenvalue weighted by Crippen LogP contribution is 2.15. The second-order valence-electron chi connectivity index (χ2n) is 4.12. The molecule has 0 fully saturated rings. The van der Waals surface area contributed by atoms with Crippen molar-refractivity contribution in [2.75, 3.05) is 0 Å². The van der Waals surface area contributed by atoms with Gasteiger partial charge in [0.1, 0.15) is 5.76 Å². The van der Waals surface area contributed by atoms with Crippen LogP contribution in [0.1, 0.15) is 21.9 Å². The van der Waals surface area contributed by atoms with Crippen molar-refractivity contribution in [3.05, 3.63) is 58.5 Å². The van der Waals surface area contributed by atoms with Gasteiger partial charge in [0.15, 0.2) is 0 Å². The van der Waals surface area contributed by atoms with Gasteiger partial charge in [-0.1, -0.05) is 29.8 Å². The molecule has 0 radical (unpaired) electrons. The Morgan fingerprint density at radius 2 is 1.95 bits per heavy atom. The summed E-state index contributed by atoms with van der Waals surface area (Å²) in [4.78, 5) is 22.4. The maximum absolute atomic E-state index is 11.8. The fourth-order valence-electron chi connectivity index (χ4n) is 1.65. The van der Waals surface area contributed by atoms with Gasteiger partial charge < -0.3 is 14.8 Å². The van der Waals surface area contributed by atoms with E-state index in [0.29, 0.717) is 10.8 Å². The van der Waals surface area contributed by atoms with Crippen molar-refractivity contribution in [2.45, 2.75) is 13.0 Å². The Morgan fingerprint density at radius 3 is 2.60 bits per heavy atom. The first-order valence-corrected chi connectivity index (χ1v) is 6.26. The molecular formula is C14H12ClNO4. The fourth-order valence-corrected chi connectivity index (χ4v) is 1.85. The van der Waals surface area contributed by atoms with Gasteiger partial charge in [0.05, 0.1) is 13.0 Å². The zero-order chi connectivity index (χ0) is 14.5. The first-order valence-electron chi connectivity index (χ1n) is 5.88. The number of rotatable bonds is 5. The largest absolute Gasteiger partial charge is 0.475 e. The fraction of sp³-hybridized carbons (Fsp3) is 0.143. The van der Waals surface area contributed by atoms with Crippen LogP contribution in [0, 0.1) is 0 Å². The minimum absolute atomic E-state index is 0.135. The van der Waals surface area contributed by atoms with E-state index in [0.717, 1.165) is 5.56 Å². The number of aromatic carboxylic acids is 1. The molecule has 1 amide bonds. The number of carbonyl (C=O) groups is 2. The first kappa shape index (κ1) is 14.1. The molecule has 0 bridgehead atoms. The Balaban J connectivity index is 1.89. The van der Waals surface area contributed by atoms with E-state index < -0.39 is 5.97 Å². The van der Waals surface area contributed by atoms with Crippen LogP contribution in [0.2, 0.25) is 5.02 Å². The quantitative estimate of drug-likeness (QED) is 0.887. The van der Waals surface area contributed by atoms with Gasteiger partial charge in [0.25, 0.3) is 0 Å². The Kier molecular flexibility index (Phi) is 4.42. The number of carboxylic acid groups (broad SMARTS) is 1. The van der Waals surface area contributed by atoms with E-state index >= 15 is 0 Å². The van der Waals surface area contributed by atoms with Gasteiger partial charge in [0, 0.05) is 5.02 Å². The van der Waals surface area contributed by atoms with Crippen molar-refractivity contribution in [3.63, 3.8) is 0 Å². The molecule has 0 spiro atoms. The third kappa shape index (κ3) is 3.61. The molecule has 5 nitrogen and oxygen atoms in total. The van der Waals surface area contributed by atoms with Crippen LogP contribution in [0.25, 0.3) is 0 Å². The highest BCUT2D eigenvalue weighted by Gasteiger charge is 2.10. The standard InChI is InChI=1S/C14H12ClNO4/c15-11-4-2-1-3-9(11)7-13(17)16-8-10-5-6-12(20-10)14(18)19/h1-6H,7-8H2,(H,16,17)(H,18,19). The summed E-state index contributed by atoms with van der Waals surface area (Å²) in [5, 5.41) is 11.9. The number of nitrogens with one attached hydrogen (secondary N) is 1. The van der Waals surface area contributed by atoms with Crippen LogP contribution in [0.5, 0.6) is 0 Å². The van der Waals surface area contributed by atoms with Crippen molar-refractivity contribution in [2.24, 2.45) is 0 Å². The van der Waals surface area contributed by atoms with Crippen LogP contribution in [0.3, 0.4) is 0 Å². The van der Waals surface area contributed by atoms with Gasteiger partial charge in [-0.2, -0.15) is 0 Å². The van der Waals surface area contributed by atoms with E-state index in [9.17, 15) is 9.59 Å². The number of benzene rings is 1. The molecule has 20 heavy (non-hydrogen) atoms. The van der Waals surface area contributed by atoms with E-state index in [1.807, 2.05) is 0 Å². The number of carbonyl (C=O) groups excluding carboxylic acids is 1. The van der Waals surface area contributed by atoms with Crippen LogP contribution in [0.4, 0.5) is 0 Å². The lowest BCUT2D eigenvalue weighted by atomic mass is 10.1. The van der Waals surface area contributed by atoms with Gasteiger partial charge in [-0.3, -0.25) is 4.79 Å². The summed E-state index contributed by atoms with van der Waals surface area (Å²) < 4.78 is 5.03. The molecule has 0 saturated heterocycles. The van der Waals surface area contributed by atoms with Crippen molar-refractivity contribution in [3.8, 4) is 0 Å². The van der Waals surface area contributed by atoms with Crippen molar-refractivity contribution in [1.29, 1.82) is 0 Å². The summed E-state index contributed by atoms with van der Waals surface area (Å²) in [5.74, 6) is -1.12. The normalized spacial score (nSPS) is 10.2. The van der Waals surface area contributed by atoms with Crippen LogP contribution in [0.15, 0.2) is 40.8 Å². The second kappa shape index (κ2) is 6.25. The third-order valence-corrected chi connectivity index (χ3v) is 3.01. The molecule has 0 atom stereocenters. The molecule has 104 valence electrons. The summed E-state index contributed by atoms with van der Waals surface area (Å²) >= 11 is 5.96. The SMILES string of the molecule is O=C(Cc1ccccc1Cl)NCc1ccc(C(=O)O)o1. The minimum Gasteiger partial charge on any atom is -0.475 e. The minimum atomic E-state index is -1.14. The van der Waals surface area contributed by atoms with Crippen molar-refractivity contribution < 1.29 is 19.1 Å². The lowest BCUT2D eigenvalue weighted by Crippen LogP contribution is -2.24. The highest BCUT2D eigenvalue weighted by atomic mass is 35.5. The maximum atomic E-state index is 11.8. The van der Waals surface area contributed by atoms with Gasteiger partial charge in [-0.25, -0.2) is 4.79 Å². The highest BCUT2D eigenvalue weighted by molar-refractivity contribution is 6.31. The predicted molar refractivity (Wildman–Crippen MR) is 72.7 cm³/mol. The zero-order valence-electron chi connectivity index (χ0n) is 10.4. The first-order chi connectivity index (χ1) is 9.56. The number of hydrogen-bond acceptors (Lipinski definition) is 3. The molecule has 6 heteroatoms. The van der Waals surface area contributed by atoms with Crippen molar-refractivity contribution >= 4 is 23.5 Å². The second-order valence-corrected chi connectivity index (χ2v) is 4.52. The Hall–Kier alpha value is -2.27. The summed E-state index contributed by atoms with van der Waals surface area (Å²) in [5.41, 5.74) is 0.734. The lowest BCUT2D eigenvalue weighted by molar-refractivity contribution is -0.120. The van der Waals surface area contributed by atoms with Gasteiger partial charge >= 0.3 is 5.97 Å². The summed E-state index contributed by atoms with van der Waals surface area (Å²) in [6, 6.07) is 9.95. The molecule has 2 aromatic rings. The number of halogens is 1. The summed E-state index contributed by atoms with van der Waals surface area (Å²) in [6.45, 7) is 0.135. The molecular weight excluding hydrogens is 282 g/mol. The summed E-state index contributed by atoms with van der Waals surface area (Å²) in [7, 11) is 0. The number of carboxylic acids is 1. The van der Waals surface area contributed by atoms with E-state index in [2.05, 4.69) is 5.32 Å². The molecule has 0 unspecified atom stereocenters. The smallest absolute Gasteiger partial charge is 0.371 e. The average molecular weight is 294 g/mol. The Morgan fingerprint density at radius 1 is 1.20 bits per heavy atom. The van der Waals surface area contributed by atoms with E-state index in [-0.39, 0.29) is 24.6 Å². The predicted octanol–water partition coefficient (Wildman–Crippen LogP) is 2.49. The molecule has 0 aliphatic rings. The Labute approximate surface area is 120 Å². The van der Waals surface area contributed by atoms with E-state index in [1.54, 1.807) is 24.3 Å². The van der Waals surface area contributed by atoms with Gasteiger partial charge in [0.2, 0.25) is 11.7 Å². The van der Waals surface area contributed by atoms with E-state index in [4.69, 9.17) is 21.1 Å². The molecule has 2 rings (SSSR count). The number of hydrogen-bond donors (Lipinski definition) is 2. The van der Waals surface area contributed by atoms with Crippen LogP contribution in [-0.2, 0) is 17.8 Å². The monoisotopic (exact) mass is 293 g/mol. The molecule has 0 saturated carbocycles. The number of furan rings is 1. The van der Waals surface area contributed by atoms with Gasteiger partial charge in [-0.05, 0) is 23.8 Å². The van der Waals surface area contributed by atoms with Crippen molar-refractivity contribution in [1.82, 2.24) is 5.32 Å². The van der Waals surface area contributed by atoms with Crippen LogP contribution in [-0.4, -0.2) is 17.0 Å². The summed E-state index contributed by atoms with van der Waals surface area (Å²) in [6.07, 6.45) is 0.159. The molecule has 0 aliphatic heterocycles. The zero-order valence-corrected chi connectivity index (χ0v) is 11.2. The molecule has 1 aromatic carbocycles. The topological polar surface area (TPSA) is 79.5 Å². The molecule has 0 aliphatic carbocycles. The van der Waals surface area contributed by atoms with Gasteiger partial charge in [-0.15, -0.1) is 0 Å². The molecule has 1 heterocycles. The third-order valence-electron chi connectivity index (χ3n) is 2.64. The maximum Gasteiger partial charge on any atom is 0.371 e. The van der Waals surface area contributed by atoms with Crippen LogP contribution >= 0.6 is 11.6 Å².